The summed E-state index contributed by atoms with van der Waals surface area (Å²) in [6, 6.07) is 11.8. The Morgan fingerprint density at radius 3 is 2.13 bits per heavy atom. The first-order valence-corrected chi connectivity index (χ1v) is 10.1. The number of rotatable bonds is 11. The zero-order chi connectivity index (χ0) is 22.0. The van der Waals surface area contributed by atoms with Gasteiger partial charge in [-0.2, -0.15) is 0 Å². The second kappa shape index (κ2) is 11.3. The Bertz CT molecular complexity index is 831. The zero-order valence-corrected chi connectivity index (χ0v) is 18.9. The van der Waals surface area contributed by atoms with Gasteiger partial charge in [-0.05, 0) is 73.9 Å². The van der Waals surface area contributed by atoms with E-state index in [4.69, 9.17) is 19.0 Å². The van der Waals surface area contributed by atoms with Crippen LogP contribution in [0.4, 0.5) is 0 Å². The van der Waals surface area contributed by atoms with Crippen molar-refractivity contribution in [3.05, 3.63) is 65.2 Å². The van der Waals surface area contributed by atoms with Gasteiger partial charge in [0.25, 0.3) is 0 Å². The molecule has 30 heavy (non-hydrogen) atoms. The highest BCUT2D eigenvalue weighted by atomic mass is 16.6. The van der Waals surface area contributed by atoms with Crippen LogP contribution in [0.25, 0.3) is 0 Å². The highest BCUT2D eigenvalue weighted by molar-refractivity contribution is 5.79. The zero-order valence-electron chi connectivity index (χ0n) is 18.9. The standard InChI is InChI=1S/C25H33NO4/c1-7-8-13-28-23-14-19(2)24(20(3)15-23)30-18-25(4,5)17-29-22-11-9-21(10-12-22)16-26-27-6/h7-12,14-16H,13,17-18H2,1-6H3/b8-7+,26-16+. The largest absolute Gasteiger partial charge is 0.493 e. The summed E-state index contributed by atoms with van der Waals surface area (Å²) < 4.78 is 17.9. The molecule has 0 aliphatic carbocycles. The fraction of sp³-hybridized carbons (Fsp3) is 0.400. The molecule has 0 aliphatic heterocycles. The Morgan fingerprint density at radius 2 is 1.53 bits per heavy atom. The van der Waals surface area contributed by atoms with Crippen molar-refractivity contribution in [3.8, 4) is 17.2 Å². The van der Waals surface area contributed by atoms with Crippen molar-refractivity contribution in [1.82, 2.24) is 0 Å². The van der Waals surface area contributed by atoms with Crippen molar-refractivity contribution in [2.45, 2.75) is 34.6 Å². The van der Waals surface area contributed by atoms with Gasteiger partial charge in [-0.25, -0.2) is 0 Å². The van der Waals surface area contributed by atoms with Gasteiger partial charge < -0.3 is 19.0 Å². The molecule has 162 valence electrons. The monoisotopic (exact) mass is 411 g/mol. The fourth-order valence-electron chi connectivity index (χ4n) is 2.81. The van der Waals surface area contributed by atoms with Crippen LogP contribution in [0.15, 0.2) is 53.7 Å². The average Bonchev–Trinajstić information content (AvgIpc) is 2.71. The number of aryl methyl sites for hydroxylation is 2. The predicted molar refractivity (Wildman–Crippen MR) is 122 cm³/mol. The van der Waals surface area contributed by atoms with E-state index >= 15 is 0 Å². The summed E-state index contributed by atoms with van der Waals surface area (Å²) in [5.74, 6) is 2.58. The van der Waals surface area contributed by atoms with Crippen molar-refractivity contribution in [1.29, 1.82) is 0 Å². The quantitative estimate of drug-likeness (QED) is 0.269. The Morgan fingerprint density at radius 1 is 0.900 bits per heavy atom. The van der Waals surface area contributed by atoms with Crippen molar-refractivity contribution in [3.63, 3.8) is 0 Å². The molecule has 0 spiro atoms. The summed E-state index contributed by atoms with van der Waals surface area (Å²) in [6.45, 7) is 12.0. The van der Waals surface area contributed by atoms with Gasteiger partial charge in [0.1, 0.15) is 31.0 Å². The van der Waals surface area contributed by atoms with Crippen LogP contribution in [0.5, 0.6) is 17.2 Å². The van der Waals surface area contributed by atoms with Gasteiger partial charge in [0.05, 0.1) is 19.4 Å². The van der Waals surface area contributed by atoms with Gasteiger partial charge in [0.15, 0.2) is 0 Å². The van der Waals surface area contributed by atoms with E-state index in [1.54, 1.807) is 6.21 Å². The number of oxime groups is 1. The Hall–Kier alpha value is -2.95. The molecule has 5 heteroatoms. The molecule has 0 saturated heterocycles. The lowest BCUT2D eigenvalue weighted by atomic mass is 9.96. The molecule has 2 rings (SSSR count). The second-order valence-electron chi connectivity index (χ2n) is 7.99. The molecule has 0 N–H and O–H groups in total. The maximum Gasteiger partial charge on any atom is 0.125 e. The molecule has 0 amide bonds. The molecular formula is C25H33NO4. The highest BCUT2D eigenvalue weighted by Gasteiger charge is 2.21. The van der Waals surface area contributed by atoms with Crippen LogP contribution < -0.4 is 14.2 Å². The third-order valence-corrected chi connectivity index (χ3v) is 4.44. The predicted octanol–water partition coefficient (Wildman–Crippen LogP) is 5.72. The van der Waals surface area contributed by atoms with Gasteiger partial charge in [0, 0.05) is 5.41 Å². The van der Waals surface area contributed by atoms with Crippen LogP contribution in [-0.2, 0) is 4.84 Å². The van der Waals surface area contributed by atoms with E-state index in [-0.39, 0.29) is 5.41 Å². The molecule has 0 atom stereocenters. The Balaban J connectivity index is 1.91. The minimum atomic E-state index is -0.157. The smallest absolute Gasteiger partial charge is 0.125 e. The molecule has 0 aromatic heterocycles. The maximum atomic E-state index is 6.18. The molecule has 2 aromatic carbocycles. The van der Waals surface area contributed by atoms with E-state index in [1.165, 1.54) is 7.11 Å². The normalized spacial score (nSPS) is 11.8. The minimum Gasteiger partial charge on any atom is -0.493 e. The van der Waals surface area contributed by atoms with Crippen molar-refractivity contribution in [2.24, 2.45) is 10.6 Å². The van der Waals surface area contributed by atoms with Gasteiger partial charge in [-0.15, -0.1) is 0 Å². The molecule has 0 fully saturated rings. The number of allylic oxidation sites excluding steroid dienone is 1. The molecule has 0 radical (unpaired) electrons. The summed E-state index contributed by atoms with van der Waals surface area (Å²) in [4.78, 5) is 4.69. The first-order valence-electron chi connectivity index (χ1n) is 10.1. The number of benzene rings is 2. The maximum absolute atomic E-state index is 6.18. The lowest BCUT2D eigenvalue weighted by molar-refractivity contribution is 0.109. The van der Waals surface area contributed by atoms with Gasteiger partial charge in [0.2, 0.25) is 0 Å². The molecule has 5 nitrogen and oxygen atoms in total. The van der Waals surface area contributed by atoms with Crippen LogP contribution in [0.2, 0.25) is 0 Å². The van der Waals surface area contributed by atoms with E-state index in [0.717, 1.165) is 33.9 Å². The van der Waals surface area contributed by atoms with Crippen LogP contribution >= 0.6 is 0 Å². The Labute approximate surface area is 180 Å². The fourth-order valence-corrected chi connectivity index (χ4v) is 2.81. The molecule has 0 unspecified atom stereocenters. The SMILES string of the molecule is C/C=C/COc1cc(C)c(OCC(C)(C)COc2ccc(/C=N/OC)cc2)c(C)c1. The summed E-state index contributed by atoms with van der Waals surface area (Å²) in [7, 11) is 1.52. The number of hydrogen-bond acceptors (Lipinski definition) is 5. The summed E-state index contributed by atoms with van der Waals surface area (Å²) in [5, 5.41) is 3.75. The van der Waals surface area contributed by atoms with E-state index in [1.807, 2.05) is 69.3 Å². The average molecular weight is 412 g/mol. The first-order chi connectivity index (χ1) is 14.3. The van der Waals surface area contributed by atoms with Crippen molar-refractivity contribution < 1.29 is 19.0 Å². The second-order valence-corrected chi connectivity index (χ2v) is 7.99. The molecule has 0 aliphatic rings. The minimum absolute atomic E-state index is 0.157. The summed E-state index contributed by atoms with van der Waals surface area (Å²) in [6.07, 6.45) is 5.62. The summed E-state index contributed by atoms with van der Waals surface area (Å²) >= 11 is 0. The summed E-state index contributed by atoms with van der Waals surface area (Å²) in [5.41, 5.74) is 2.93. The van der Waals surface area contributed by atoms with Crippen molar-refractivity contribution >= 4 is 6.21 Å². The van der Waals surface area contributed by atoms with Gasteiger partial charge >= 0.3 is 0 Å². The van der Waals surface area contributed by atoms with Gasteiger partial charge in [-0.1, -0.05) is 31.2 Å². The highest BCUT2D eigenvalue weighted by Crippen LogP contribution is 2.30. The lowest BCUT2D eigenvalue weighted by Gasteiger charge is -2.26. The molecular weight excluding hydrogens is 378 g/mol. The van der Waals surface area contributed by atoms with Crippen LogP contribution in [0.1, 0.15) is 37.5 Å². The van der Waals surface area contributed by atoms with Crippen LogP contribution in [0.3, 0.4) is 0 Å². The molecule has 0 bridgehead atoms. The first kappa shape index (κ1) is 23.3. The number of ether oxygens (including phenoxy) is 3. The number of nitrogens with zero attached hydrogens (tertiary/aromatic N) is 1. The number of hydrogen-bond donors (Lipinski definition) is 0. The third-order valence-electron chi connectivity index (χ3n) is 4.44. The van der Waals surface area contributed by atoms with E-state index in [9.17, 15) is 0 Å². The van der Waals surface area contributed by atoms with Crippen molar-refractivity contribution in [2.75, 3.05) is 26.9 Å². The molecule has 2 aromatic rings. The van der Waals surface area contributed by atoms with Crippen LogP contribution in [0, 0.1) is 19.3 Å². The van der Waals surface area contributed by atoms with Gasteiger partial charge in [-0.3, -0.25) is 0 Å². The van der Waals surface area contributed by atoms with Crippen LogP contribution in [-0.4, -0.2) is 33.1 Å². The third kappa shape index (κ3) is 7.47. The van der Waals surface area contributed by atoms with E-state index in [2.05, 4.69) is 19.0 Å². The Kier molecular flexibility index (Phi) is 8.78. The van der Waals surface area contributed by atoms with E-state index < -0.39 is 0 Å². The lowest BCUT2D eigenvalue weighted by Crippen LogP contribution is -2.29. The molecule has 0 saturated carbocycles. The van der Waals surface area contributed by atoms with E-state index in [0.29, 0.717) is 19.8 Å². The molecule has 0 heterocycles. The topological polar surface area (TPSA) is 49.3 Å².